The Kier molecular flexibility index (Phi) is 3.56. The number of carbonyl (C=O) groups is 1. The van der Waals surface area contributed by atoms with Crippen molar-refractivity contribution in [3.05, 3.63) is 33.1 Å². The lowest BCUT2D eigenvalue weighted by molar-refractivity contribution is -0.386. The van der Waals surface area contributed by atoms with E-state index in [1.165, 1.54) is 19.2 Å². The first-order valence-electron chi connectivity index (χ1n) is 3.93. The van der Waals surface area contributed by atoms with E-state index in [1.807, 2.05) is 0 Å². The highest BCUT2D eigenvalue weighted by molar-refractivity contribution is 6.31. The van der Waals surface area contributed by atoms with Crippen molar-refractivity contribution in [2.75, 3.05) is 0 Å². The van der Waals surface area contributed by atoms with Crippen LogP contribution in [0, 0.1) is 10.1 Å². The quantitative estimate of drug-likeness (QED) is 0.342. The van der Waals surface area contributed by atoms with Crippen molar-refractivity contribution in [2.45, 2.75) is 13.5 Å². The Labute approximate surface area is 90.0 Å². The van der Waals surface area contributed by atoms with Crippen molar-refractivity contribution in [3.63, 3.8) is 0 Å². The van der Waals surface area contributed by atoms with Crippen LogP contribution in [0.2, 0.25) is 5.15 Å². The minimum Gasteiger partial charge on any atom is -0.461 e. The number of nitro groups is 1. The Balaban J connectivity index is 3.01. The fraction of sp³-hybridized carbons (Fsp3) is 0.250. The molecule has 0 amide bonds. The van der Waals surface area contributed by atoms with Gasteiger partial charge in [0.2, 0.25) is 5.15 Å². The third-order valence-corrected chi connectivity index (χ3v) is 1.85. The van der Waals surface area contributed by atoms with Gasteiger partial charge in [-0.1, -0.05) is 11.6 Å². The topological polar surface area (TPSA) is 82.3 Å². The normalized spacial score (nSPS) is 9.73. The van der Waals surface area contributed by atoms with Gasteiger partial charge < -0.3 is 4.74 Å². The van der Waals surface area contributed by atoms with Crippen LogP contribution in [0.15, 0.2) is 12.3 Å². The zero-order chi connectivity index (χ0) is 11.4. The first-order valence-corrected chi connectivity index (χ1v) is 4.31. The minimum atomic E-state index is -0.659. The average Bonchev–Trinajstić information content (AvgIpc) is 2.13. The predicted molar refractivity (Wildman–Crippen MR) is 51.4 cm³/mol. The van der Waals surface area contributed by atoms with Gasteiger partial charge in [0.05, 0.1) is 10.5 Å². The number of hydrogen-bond donors (Lipinski definition) is 0. The summed E-state index contributed by atoms with van der Waals surface area (Å²) < 4.78 is 4.64. The summed E-state index contributed by atoms with van der Waals surface area (Å²) in [5.74, 6) is -0.516. The standard InChI is InChI=1S/C8H7ClN2O4/c1-5(12)15-4-6-2-3-10-8(9)7(6)11(13)14/h2-3H,4H2,1H3. The summed E-state index contributed by atoms with van der Waals surface area (Å²) in [7, 11) is 0. The number of carbonyl (C=O) groups excluding carboxylic acids is 1. The van der Waals surface area contributed by atoms with Gasteiger partial charge in [-0.3, -0.25) is 14.9 Å². The lowest BCUT2D eigenvalue weighted by Crippen LogP contribution is -2.03. The Morgan fingerprint density at radius 2 is 2.40 bits per heavy atom. The predicted octanol–water partition coefficient (Wildman–Crippen LogP) is 1.71. The molecule has 0 radical (unpaired) electrons. The van der Waals surface area contributed by atoms with E-state index in [-0.39, 0.29) is 23.0 Å². The van der Waals surface area contributed by atoms with Crippen molar-refractivity contribution >= 4 is 23.3 Å². The molecule has 0 fully saturated rings. The Hall–Kier alpha value is -1.69. The molecule has 1 rings (SSSR count). The number of nitrogens with zero attached hydrogens (tertiary/aromatic N) is 2. The van der Waals surface area contributed by atoms with Gasteiger partial charge >= 0.3 is 11.7 Å². The molecule has 7 heteroatoms. The van der Waals surface area contributed by atoms with Gasteiger partial charge in [0.15, 0.2) is 0 Å². The van der Waals surface area contributed by atoms with E-state index in [4.69, 9.17) is 11.6 Å². The van der Waals surface area contributed by atoms with Crippen molar-refractivity contribution < 1.29 is 14.5 Å². The number of aromatic nitrogens is 1. The molecule has 0 aromatic carbocycles. The van der Waals surface area contributed by atoms with Crippen LogP contribution in [0.25, 0.3) is 0 Å². The summed E-state index contributed by atoms with van der Waals surface area (Å²) in [6, 6.07) is 1.38. The van der Waals surface area contributed by atoms with E-state index in [2.05, 4.69) is 9.72 Å². The molecule has 6 nitrogen and oxygen atoms in total. The van der Waals surface area contributed by atoms with E-state index in [1.54, 1.807) is 0 Å². The Bertz CT molecular complexity index is 408. The third kappa shape index (κ3) is 2.88. The lowest BCUT2D eigenvalue weighted by Gasteiger charge is -2.03. The summed E-state index contributed by atoms with van der Waals surface area (Å²) in [6.07, 6.45) is 1.31. The average molecular weight is 231 g/mol. The zero-order valence-corrected chi connectivity index (χ0v) is 8.52. The smallest absolute Gasteiger partial charge is 0.313 e. The molecule has 80 valence electrons. The highest BCUT2D eigenvalue weighted by Gasteiger charge is 2.19. The van der Waals surface area contributed by atoms with Gasteiger partial charge in [-0.05, 0) is 6.07 Å². The van der Waals surface area contributed by atoms with E-state index >= 15 is 0 Å². The van der Waals surface area contributed by atoms with Crippen molar-refractivity contribution in [2.24, 2.45) is 0 Å². The maximum atomic E-state index is 10.6. The molecule has 0 bridgehead atoms. The summed E-state index contributed by atoms with van der Waals surface area (Å²) >= 11 is 5.55. The molecule has 0 saturated heterocycles. The number of ether oxygens (including phenoxy) is 1. The second-order valence-electron chi connectivity index (χ2n) is 2.65. The molecule has 0 N–H and O–H groups in total. The molecule has 0 aliphatic rings. The third-order valence-electron chi connectivity index (χ3n) is 1.58. The number of hydrogen-bond acceptors (Lipinski definition) is 5. The SMILES string of the molecule is CC(=O)OCc1ccnc(Cl)c1[N+](=O)[O-]. The van der Waals surface area contributed by atoms with Gasteiger partial charge in [-0.2, -0.15) is 0 Å². The highest BCUT2D eigenvalue weighted by atomic mass is 35.5. The van der Waals surface area contributed by atoms with Crippen molar-refractivity contribution in [1.29, 1.82) is 0 Å². The van der Waals surface area contributed by atoms with Crippen molar-refractivity contribution in [1.82, 2.24) is 4.98 Å². The second-order valence-corrected chi connectivity index (χ2v) is 3.00. The molecule has 1 aromatic rings. The summed E-state index contributed by atoms with van der Waals surface area (Å²) in [5.41, 5.74) is -0.115. The van der Waals surface area contributed by atoms with Gasteiger partial charge in [0.25, 0.3) is 0 Å². The van der Waals surface area contributed by atoms with Crippen LogP contribution in [0.3, 0.4) is 0 Å². The summed E-state index contributed by atoms with van der Waals surface area (Å²) in [5, 5.41) is 10.4. The van der Waals surface area contributed by atoms with E-state index < -0.39 is 10.9 Å². The fourth-order valence-electron chi connectivity index (χ4n) is 0.954. The molecule has 0 unspecified atom stereocenters. The zero-order valence-electron chi connectivity index (χ0n) is 7.77. The minimum absolute atomic E-state index is 0.187. The van der Waals surface area contributed by atoms with Gasteiger partial charge in [0, 0.05) is 13.1 Å². The molecule has 1 heterocycles. The van der Waals surface area contributed by atoms with Crippen LogP contribution in [-0.2, 0) is 16.1 Å². The number of halogens is 1. The van der Waals surface area contributed by atoms with Crippen molar-refractivity contribution in [3.8, 4) is 0 Å². The highest BCUT2D eigenvalue weighted by Crippen LogP contribution is 2.26. The van der Waals surface area contributed by atoms with Gasteiger partial charge in [-0.15, -0.1) is 0 Å². The molecule has 0 atom stereocenters. The van der Waals surface area contributed by atoms with E-state index in [0.29, 0.717) is 0 Å². The molecule has 15 heavy (non-hydrogen) atoms. The van der Waals surface area contributed by atoms with Gasteiger partial charge in [-0.25, -0.2) is 4.98 Å². The summed E-state index contributed by atoms with van der Waals surface area (Å²) in [6.45, 7) is 1.03. The first kappa shape index (κ1) is 11.4. The number of rotatable bonds is 3. The van der Waals surface area contributed by atoms with Crippen LogP contribution in [-0.4, -0.2) is 15.9 Å². The molecule has 1 aromatic heterocycles. The van der Waals surface area contributed by atoms with Crippen LogP contribution in [0.5, 0.6) is 0 Å². The monoisotopic (exact) mass is 230 g/mol. The van der Waals surface area contributed by atoms with Crippen LogP contribution >= 0.6 is 11.6 Å². The van der Waals surface area contributed by atoms with Crippen LogP contribution in [0.4, 0.5) is 5.69 Å². The largest absolute Gasteiger partial charge is 0.461 e. The molecule has 0 aliphatic carbocycles. The fourth-order valence-corrected chi connectivity index (χ4v) is 1.20. The maximum absolute atomic E-state index is 10.6. The molecule has 0 aliphatic heterocycles. The number of esters is 1. The van der Waals surface area contributed by atoms with Gasteiger partial charge in [0.1, 0.15) is 6.61 Å². The second kappa shape index (κ2) is 4.70. The Morgan fingerprint density at radius 1 is 1.73 bits per heavy atom. The van der Waals surface area contributed by atoms with E-state index in [0.717, 1.165) is 0 Å². The molecular formula is C8H7ClN2O4. The molecular weight excluding hydrogens is 224 g/mol. The number of pyridine rings is 1. The van der Waals surface area contributed by atoms with Crippen LogP contribution in [0.1, 0.15) is 12.5 Å². The lowest BCUT2D eigenvalue weighted by atomic mass is 10.2. The van der Waals surface area contributed by atoms with E-state index in [9.17, 15) is 14.9 Å². The summed E-state index contributed by atoms with van der Waals surface area (Å²) in [4.78, 5) is 24.1. The maximum Gasteiger partial charge on any atom is 0.313 e. The molecule has 0 spiro atoms. The first-order chi connectivity index (χ1) is 7.02. The Morgan fingerprint density at radius 3 is 2.93 bits per heavy atom. The molecule has 0 saturated carbocycles. The van der Waals surface area contributed by atoms with Crippen LogP contribution < -0.4 is 0 Å².